The van der Waals surface area contributed by atoms with Gasteiger partial charge in [0.05, 0.1) is 12.7 Å². The minimum absolute atomic E-state index is 0.0814. The summed E-state index contributed by atoms with van der Waals surface area (Å²) >= 11 is 1.60. The summed E-state index contributed by atoms with van der Waals surface area (Å²) in [7, 11) is 1.66. The van der Waals surface area contributed by atoms with Gasteiger partial charge in [-0.25, -0.2) is 9.97 Å². The minimum Gasteiger partial charge on any atom is -0.497 e. The number of carbonyl (C=O) groups is 1. The van der Waals surface area contributed by atoms with Crippen LogP contribution in [0.15, 0.2) is 48.7 Å². The number of aromatic nitrogens is 3. The van der Waals surface area contributed by atoms with Crippen LogP contribution in [0.4, 0.5) is 5.13 Å². The second-order valence-electron chi connectivity index (χ2n) is 7.93. The van der Waals surface area contributed by atoms with Crippen LogP contribution in [0.25, 0.3) is 16.0 Å². The molecule has 0 atom stereocenters. The molecule has 164 valence electrons. The molecule has 1 saturated heterocycles. The van der Waals surface area contributed by atoms with Gasteiger partial charge in [0.1, 0.15) is 16.1 Å². The number of ether oxygens (including phenoxy) is 1. The molecule has 1 fully saturated rings. The number of anilines is 1. The number of benzene rings is 1. The standard InChI is InChI=1S/C24H25N5O2S/c1-16-14-20(17(2)29(16)18-6-4-7-19(15-18)31-3)23(30)27-10-12-28(13-11-27)24-26-21-8-5-9-25-22(21)32-24/h4-9,14-15H,10-13H2,1-3H3. The summed E-state index contributed by atoms with van der Waals surface area (Å²) in [5, 5.41) is 0.974. The highest BCUT2D eigenvalue weighted by molar-refractivity contribution is 7.21. The Bertz CT molecular complexity index is 1250. The zero-order chi connectivity index (χ0) is 22.2. The monoisotopic (exact) mass is 447 g/mol. The maximum atomic E-state index is 13.4. The van der Waals surface area contributed by atoms with Crippen molar-refractivity contribution in [3.8, 4) is 11.4 Å². The van der Waals surface area contributed by atoms with E-state index in [-0.39, 0.29) is 5.91 Å². The Kier molecular flexibility index (Phi) is 5.30. The Morgan fingerprint density at radius 3 is 2.62 bits per heavy atom. The van der Waals surface area contributed by atoms with Gasteiger partial charge in [0.15, 0.2) is 5.13 Å². The summed E-state index contributed by atoms with van der Waals surface area (Å²) in [4.78, 5) is 27.6. The lowest BCUT2D eigenvalue weighted by Gasteiger charge is -2.34. The SMILES string of the molecule is COc1cccc(-n2c(C)cc(C(=O)N3CCN(c4nc5cccnc5s4)CC3)c2C)c1. The van der Waals surface area contributed by atoms with E-state index >= 15 is 0 Å². The lowest BCUT2D eigenvalue weighted by molar-refractivity contribution is 0.0746. The van der Waals surface area contributed by atoms with Crippen LogP contribution in [0.2, 0.25) is 0 Å². The Morgan fingerprint density at radius 2 is 1.88 bits per heavy atom. The predicted octanol–water partition coefficient (Wildman–Crippen LogP) is 4.07. The van der Waals surface area contributed by atoms with Gasteiger partial charge in [0, 0.05) is 55.5 Å². The van der Waals surface area contributed by atoms with Crippen molar-refractivity contribution in [3.63, 3.8) is 0 Å². The zero-order valence-electron chi connectivity index (χ0n) is 18.4. The summed E-state index contributed by atoms with van der Waals surface area (Å²) in [5.41, 5.74) is 4.65. The van der Waals surface area contributed by atoms with Crippen LogP contribution in [0.3, 0.4) is 0 Å². The Hall–Kier alpha value is -3.39. The smallest absolute Gasteiger partial charge is 0.255 e. The van der Waals surface area contributed by atoms with Gasteiger partial charge in [-0.1, -0.05) is 17.4 Å². The molecule has 4 aromatic rings. The highest BCUT2D eigenvalue weighted by Gasteiger charge is 2.26. The number of aryl methyl sites for hydroxylation is 1. The summed E-state index contributed by atoms with van der Waals surface area (Å²) < 4.78 is 7.48. The van der Waals surface area contributed by atoms with Crippen LogP contribution in [-0.4, -0.2) is 58.6 Å². The number of fused-ring (bicyclic) bond motifs is 1. The number of pyridine rings is 1. The summed E-state index contributed by atoms with van der Waals surface area (Å²) in [5.74, 6) is 0.877. The van der Waals surface area contributed by atoms with E-state index in [1.807, 2.05) is 61.2 Å². The topological polar surface area (TPSA) is 63.5 Å². The Morgan fingerprint density at radius 1 is 1.06 bits per heavy atom. The molecular formula is C24H25N5O2S. The molecular weight excluding hydrogens is 422 g/mol. The van der Waals surface area contributed by atoms with E-state index in [0.717, 1.165) is 57.0 Å². The number of thiazole rings is 1. The fourth-order valence-electron chi connectivity index (χ4n) is 4.29. The number of carbonyl (C=O) groups excluding carboxylic acids is 1. The maximum absolute atomic E-state index is 13.4. The number of hydrogen-bond donors (Lipinski definition) is 0. The molecule has 5 rings (SSSR count). The highest BCUT2D eigenvalue weighted by atomic mass is 32.1. The van der Waals surface area contributed by atoms with Gasteiger partial charge in [-0.15, -0.1) is 0 Å². The van der Waals surface area contributed by atoms with Crippen LogP contribution < -0.4 is 9.64 Å². The number of nitrogens with zero attached hydrogens (tertiary/aromatic N) is 5. The second-order valence-corrected chi connectivity index (χ2v) is 8.88. The van der Waals surface area contributed by atoms with Crippen molar-refractivity contribution in [3.05, 3.63) is 65.6 Å². The van der Waals surface area contributed by atoms with Gasteiger partial charge >= 0.3 is 0 Å². The van der Waals surface area contributed by atoms with E-state index in [0.29, 0.717) is 13.1 Å². The molecule has 1 aliphatic heterocycles. The molecule has 0 bridgehead atoms. The summed E-state index contributed by atoms with van der Waals surface area (Å²) in [6.07, 6.45) is 1.79. The van der Waals surface area contributed by atoms with E-state index in [9.17, 15) is 4.79 Å². The van der Waals surface area contributed by atoms with Crippen LogP contribution in [0.5, 0.6) is 5.75 Å². The van der Waals surface area contributed by atoms with E-state index in [4.69, 9.17) is 9.72 Å². The fourth-order valence-corrected chi connectivity index (χ4v) is 5.25. The van der Waals surface area contributed by atoms with Crippen molar-refractivity contribution in [1.29, 1.82) is 0 Å². The van der Waals surface area contributed by atoms with Gasteiger partial charge < -0.3 is 19.1 Å². The van der Waals surface area contributed by atoms with Crippen molar-refractivity contribution in [2.45, 2.75) is 13.8 Å². The lowest BCUT2D eigenvalue weighted by Crippen LogP contribution is -2.48. The molecule has 0 N–H and O–H groups in total. The zero-order valence-corrected chi connectivity index (χ0v) is 19.2. The third-order valence-electron chi connectivity index (χ3n) is 5.97. The number of hydrogen-bond acceptors (Lipinski definition) is 6. The number of rotatable bonds is 4. The van der Waals surface area contributed by atoms with Gasteiger partial charge in [0.25, 0.3) is 5.91 Å². The van der Waals surface area contributed by atoms with Crippen LogP contribution in [-0.2, 0) is 0 Å². The first kappa shape index (κ1) is 20.5. The Labute approximate surface area is 190 Å². The average Bonchev–Trinajstić information content (AvgIpc) is 3.39. The lowest BCUT2D eigenvalue weighted by atomic mass is 10.2. The van der Waals surface area contributed by atoms with E-state index < -0.39 is 0 Å². The number of methoxy groups -OCH3 is 1. The van der Waals surface area contributed by atoms with E-state index in [1.54, 1.807) is 24.6 Å². The molecule has 0 unspecified atom stereocenters. The molecule has 32 heavy (non-hydrogen) atoms. The van der Waals surface area contributed by atoms with Crippen molar-refractivity contribution in [2.24, 2.45) is 0 Å². The molecule has 8 heteroatoms. The number of piperazine rings is 1. The molecule has 1 aromatic carbocycles. The van der Waals surface area contributed by atoms with Crippen LogP contribution in [0, 0.1) is 13.8 Å². The average molecular weight is 448 g/mol. The predicted molar refractivity (Wildman–Crippen MR) is 127 cm³/mol. The van der Waals surface area contributed by atoms with Crippen molar-refractivity contribution in [2.75, 3.05) is 38.2 Å². The van der Waals surface area contributed by atoms with Gasteiger partial charge in [-0.2, -0.15) is 0 Å². The third-order valence-corrected chi connectivity index (χ3v) is 7.01. The molecule has 1 amide bonds. The minimum atomic E-state index is 0.0814. The van der Waals surface area contributed by atoms with Gasteiger partial charge in [-0.05, 0) is 44.2 Å². The first-order chi connectivity index (χ1) is 15.5. The first-order valence-electron chi connectivity index (χ1n) is 10.6. The summed E-state index contributed by atoms with van der Waals surface area (Å²) in [6, 6.07) is 13.8. The molecule has 4 heterocycles. The summed E-state index contributed by atoms with van der Waals surface area (Å²) in [6.45, 7) is 6.91. The quantitative estimate of drug-likeness (QED) is 0.472. The van der Waals surface area contributed by atoms with Crippen molar-refractivity contribution in [1.82, 2.24) is 19.4 Å². The second kappa shape index (κ2) is 8.27. The van der Waals surface area contributed by atoms with Gasteiger partial charge in [0.2, 0.25) is 0 Å². The molecule has 0 saturated carbocycles. The Balaban J connectivity index is 1.33. The van der Waals surface area contributed by atoms with Crippen molar-refractivity contribution < 1.29 is 9.53 Å². The largest absolute Gasteiger partial charge is 0.497 e. The third kappa shape index (κ3) is 3.60. The van der Waals surface area contributed by atoms with E-state index in [1.165, 1.54) is 0 Å². The molecule has 0 spiro atoms. The first-order valence-corrected chi connectivity index (χ1v) is 11.5. The molecule has 7 nitrogen and oxygen atoms in total. The molecule has 0 aliphatic carbocycles. The van der Waals surface area contributed by atoms with Gasteiger partial charge in [-0.3, -0.25) is 4.79 Å². The van der Waals surface area contributed by atoms with E-state index in [2.05, 4.69) is 14.5 Å². The fraction of sp³-hybridized carbons (Fsp3) is 0.292. The van der Waals surface area contributed by atoms with Crippen LogP contribution >= 0.6 is 11.3 Å². The molecule has 0 radical (unpaired) electrons. The van der Waals surface area contributed by atoms with Crippen molar-refractivity contribution >= 4 is 32.7 Å². The normalized spacial score (nSPS) is 14.2. The van der Waals surface area contributed by atoms with Crippen LogP contribution in [0.1, 0.15) is 21.7 Å². The maximum Gasteiger partial charge on any atom is 0.255 e. The highest BCUT2D eigenvalue weighted by Crippen LogP contribution is 2.29. The number of amides is 1. The molecule has 3 aromatic heterocycles. The molecule has 1 aliphatic rings.